The number of terminal acetylenes is 1. The summed E-state index contributed by atoms with van der Waals surface area (Å²) in [6.45, 7) is 12.5. The molecule has 0 fully saturated rings. The number of carbonyl (C=O) groups is 2. The van der Waals surface area contributed by atoms with Crippen LogP contribution < -0.4 is 9.47 Å². The molecule has 0 saturated heterocycles. The van der Waals surface area contributed by atoms with Crippen LogP contribution in [0.4, 0.5) is 0 Å². The van der Waals surface area contributed by atoms with Crippen LogP contribution in [0.15, 0.2) is 34.7 Å². The minimum atomic E-state index is -0.435. The highest BCUT2D eigenvalue weighted by Crippen LogP contribution is 2.55. The first kappa shape index (κ1) is 29.7. The van der Waals surface area contributed by atoms with E-state index in [4.69, 9.17) is 20.6 Å². The first-order valence-electron chi connectivity index (χ1n) is 13.7. The van der Waals surface area contributed by atoms with Gasteiger partial charge in [-0.2, -0.15) is 0 Å². The molecule has 0 radical (unpaired) electrons. The van der Waals surface area contributed by atoms with Crippen LogP contribution in [-0.2, 0) is 14.3 Å². The summed E-state index contributed by atoms with van der Waals surface area (Å²) in [5.74, 6) is 3.49. The van der Waals surface area contributed by atoms with Gasteiger partial charge in [0.05, 0.1) is 10.2 Å². The molecule has 0 bridgehead atoms. The van der Waals surface area contributed by atoms with E-state index >= 15 is 0 Å². The molecule has 3 aliphatic rings. The maximum atomic E-state index is 14.0. The van der Waals surface area contributed by atoms with Gasteiger partial charge in [-0.25, -0.2) is 0 Å². The second-order valence-electron chi connectivity index (χ2n) is 12.3. The molecule has 210 valence electrons. The van der Waals surface area contributed by atoms with E-state index < -0.39 is 5.92 Å². The molecule has 1 aromatic carbocycles. The number of nitrogens with zero attached hydrogens (tertiary/aromatic N) is 1. The molecule has 39 heavy (non-hydrogen) atoms. The molecule has 1 aromatic rings. The van der Waals surface area contributed by atoms with E-state index in [-0.39, 0.29) is 29.0 Å². The number of carbonyl (C=O) groups excluding carboxylic acids is 2. The summed E-state index contributed by atoms with van der Waals surface area (Å²) < 4.78 is 18.1. The molecule has 0 saturated carbocycles. The Labute approximate surface area is 246 Å². The molecule has 4 rings (SSSR count). The Bertz CT molecular complexity index is 1210. The molecule has 1 aliphatic heterocycles. The Morgan fingerprint density at radius 2 is 1.59 bits per heavy atom. The van der Waals surface area contributed by atoms with Crippen LogP contribution in [0, 0.1) is 26.7 Å². The van der Waals surface area contributed by atoms with Gasteiger partial charge in [0.2, 0.25) is 0 Å². The highest BCUT2D eigenvalue weighted by molar-refractivity contribution is 14.1. The maximum Gasteiger partial charge on any atom is 0.175 e. The lowest BCUT2D eigenvalue weighted by atomic mass is 9.63. The van der Waals surface area contributed by atoms with Gasteiger partial charge in [0.1, 0.15) is 6.61 Å². The summed E-state index contributed by atoms with van der Waals surface area (Å²) in [4.78, 5) is 30.3. The average Bonchev–Trinajstić information content (AvgIpc) is 2.82. The number of ether oxygens (including phenoxy) is 3. The third-order valence-electron chi connectivity index (χ3n) is 7.72. The van der Waals surface area contributed by atoms with Gasteiger partial charge in [0.15, 0.2) is 23.1 Å². The monoisotopic (exact) mass is 645 g/mol. The fourth-order valence-corrected chi connectivity index (χ4v) is 7.07. The van der Waals surface area contributed by atoms with Crippen molar-refractivity contribution in [3.63, 3.8) is 0 Å². The topological polar surface area (TPSA) is 65.1 Å². The van der Waals surface area contributed by atoms with Crippen LogP contribution in [0.5, 0.6) is 11.5 Å². The fraction of sp³-hybridized carbons (Fsp3) is 0.562. The van der Waals surface area contributed by atoms with Crippen LogP contribution >= 0.6 is 22.6 Å². The third kappa shape index (κ3) is 6.07. The smallest absolute Gasteiger partial charge is 0.175 e. The lowest BCUT2D eigenvalue weighted by molar-refractivity contribution is -0.119. The molecule has 1 heterocycles. The number of ketones is 2. The Hall–Kier alpha value is -2.31. The van der Waals surface area contributed by atoms with Crippen molar-refractivity contribution >= 4 is 34.2 Å². The van der Waals surface area contributed by atoms with Crippen LogP contribution in [0.25, 0.3) is 0 Å². The minimum absolute atomic E-state index is 0.118. The quantitative estimate of drug-likeness (QED) is 0.176. The molecule has 0 unspecified atom stereocenters. The van der Waals surface area contributed by atoms with Crippen LogP contribution in [0.2, 0.25) is 0 Å². The summed E-state index contributed by atoms with van der Waals surface area (Å²) >= 11 is 2.23. The SMILES string of the molecule is C#CCOc1c(I)cc(C2C3=C(CC(C)(C)CC3=O)N(CCCOC)C3=C2C(=O)CC(C)(C)C3)cc1OCC. The number of methoxy groups -OCH3 is 1. The van der Waals surface area contributed by atoms with Crippen molar-refractivity contribution in [2.75, 3.05) is 33.5 Å². The molecule has 0 atom stereocenters. The molecule has 2 aliphatic carbocycles. The number of allylic oxidation sites excluding steroid dienone is 4. The summed E-state index contributed by atoms with van der Waals surface area (Å²) in [6.07, 6.45) is 8.73. The van der Waals surface area contributed by atoms with E-state index in [2.05, 4.69) is 61.1 Å². The van der Waals surface area contributed by atoms with Crippen molar-refractivity contribution in [3.8, 4) is 23.8 Å². The van der Waals surface area contributed by atoms with Crippen LogP contribution in [-0.4, -0.2) is 49.9 Å². The van der Waals surface area contributed by atoms with Gasteiger partial charge in [-0.15, -0.1) is 6.42 Å². The number of hydrogen-bond donors (Lipinski definition) is 0. The predicted octanol–water partition coefficient (Wildman–Crippen LogP) is 6.42. The third-order valence-corrected chi connectivity index (χ3v) is 8.52. The van der Waals surface area contributed by atoms with Gasteiger partial charge in [0.25, 0.3) is 0 Å². The van der Waals surface area contributed by atoms with Crippen molar-refractivity contribution in [3.05, 3.63) is 43.8 Å². The summed E-state index contributed by atoms with van der Waals surface area (Å²) in [6, 6.07) is 3.97. The second kappa shape index (κ2) is 11.7. The first-order chi connectivity index (χ1) is 18.4. The van der Waals surface area contributed by atoms with Gasteiger partial charge in [-0.3, -0.25) is 9.59 Å². The Kier molecular flexibility index (Phi) is 8.87. The Balaban J connectivity index is 1.97. The molecular weight excluding hydrogens is 605 g/mol. The molecular formula is C32H40INO5. The van der Waals surface area contributed by atoms with E-state index in [1.165, 1.54) is 0 Å². The highest BCUT2D eigenvalue weighted by Gasteiger charge is 2.49. The first-order valence-corrected chi connectivity index (χ1v) is 14.8. The van der Waals surface area contributed by atoms with E-state index in [0.717, 1.165) is 50.9 Å². The number of Topliss-reactive ketones (excluding diaryl/α,β-unsaturated/α-hetero) is 2. The van der Waals surface area contributed by atoms with Crippen LogP contribution in [0.3, 0.4) is 0 Å². The lowest BCUT2D eigenvalue weighted by Crippen LogP contribution is -2.44. The standard InChI is InChI=1S/C32H40INO5/c1-8-12-39-30-21(33)14-20(15-26(30)38-9-2)27-28-22(16-31(3,4)18-24(28)35)34(11-10-13-37-7)23-17-32(5,6)19-25(36)29(23)27/h1,14-15,27H,9-13,16-19H2,2-7H3. The van der Waals surface area contributed by atoms with Gasteiger partial charge in [0, 0.05) is 61.6 Å². The number of hydrogen-bond acceptors (Lipinski definition) is 6. The summed E-state index contributed by atoms with van der Waals surface area (Å²) in [5, 5.41) is 0. The zero-order valence-corrected chi connectivity index (χ0v) is 26.2. The number of benzene rings is 1. The molecule has 0 aromatic heterocycles. The van der Waals surface area contributed by atoms with Gasteiger partial charge >= 0.3 is 0 Å². The zero-order valence-electron chi connectivity index (χ0n) is 24.0. The second-order valence-corrected chi connectivity index (χ2v) is 13.5. The van der Waals surface area contributed by atoms with E-state index in [0.29, 0.717) is 44.1 Å². The largest absolute Gasteiger partial charge is 0.490 e. The summed E-state index contributed by atoms with van der Waals surface area (Å²) in [5.41, 5.74) is 4.19. The molecule has 0 amide bonds. The Morgan fingerprint density at radius 1 is 1.00 bits per heavy atom. The van der Waals surface area contributed by atoms with Crippen molar-refractivity contribution < 1.29 is 23.8 Å². The molecule has 6 nitrogen and oxygen atoms in total. The number of rotatable bonds is 9. The molecule has 7 heteroatoms. The summed E-state index contributed by atoms with van der Waals surface area (Å²) in [7, 11) is 1.71. The van der Waals surface area contributed by atoms with Gasteiger partial charge in [-0.05, 0) is 77.3 Å². The highest BCUT2D eigenvalue weighted by atomic mass is 127. The zero-order chi connectivity index (χ0) is 28.5. The van der Waals surface area contributed by atoms with Crippen LogP contribution in [0.1, 0.15) is 78.2 Å². The normalized spacial score (nSPS) is 20.5. The van der Waals surface area contributed by atoms with E-state index in [1.807, 2.05) is 19.1 Å². The van der Waals surface area contributed by atoms with Gasteiger partial charge in [-0.1, -0.05) is 33.6 Å². The van der Waals surface area contributed by atoms with Crippen molar-refractivity contribution in [1.82, 2.24) is 4.90 Å². The molecule has 0 spiro atoms. The van der Waals surface area contributed by atoms with Crippen molar-refractivity contribution in [2.45, 2.75) is 72.6 Å². The average molecular weight is 646 g/mol. The Morgan fingerprint density at radius 3 is 2.10 bits per heavy atom. The van der Waals surface area contributed by atoms with Crippen molar-refractivity contribution in [2.24, 2.45) is 10.8 Å². The molecule has 0 N–H and O–H groups in total. The maximum absolute atomic E-state index is 14.0. The van der Waals surface area contributed by atoms with E-state index in [1.54, 1.807) is 7.11 Å². The van der Waals surface area contributed by atoms with Crippen molar-refractivity contribution in [1.29, 1.82) is 0 Å². The fourth-order valence-electron chi connectivity index (χ4n) is 6.29. The van der Waals surface area contributed by atoms with E-state index in [9.17, 15) is 9.59 Å². The number of halogens is 1. The lowest BCUT2D eigenvalue weighted by Gasteiger charge is -2.49. The minimum Gasteiger partial charge on any atom is -0.490 e. The predicted molar refractivity (Wildman–Crippen MR) is 161 cm³/mol. The van der Waals surface area contributed by atoms with Gasteiger partial charge < -0.3 is 19.1 Å².